The summed E-state index contributed by atoms with van der Waals surface area (Å²) in [6.45, 7) is 7.08. The standard InChI is InChI=1S/C13H26NO3/c1-4-6-7-12(5-2)13(15)17-14(3)8-10-16-11-9-14/h12H,4-11H2,1-3H3/q+1. The molecule has 4 heteroatoms. The Bertz CT molecular complexity index is 237. The van der Waals surface area contributed by atoms with Gasteiger partial charge in [-0.2, -0.15) is 0 Å². The number of hydrogen-bond acceptors (Lipinski definition) is 3. The Labute approximate surface area is 104 Å². The SMILES string of the molecule is CCCCC(CC)C(=O)O[N+]1(C)CCOCC1. The molecule has 0 saturated carbocycles. The number of nitrogens with zero attached hydrogens (tertiary/aromatic N) is 1. The van der Waals surface area contributed by atoms with E-state index in [1.165, 1.54) is 0 Å². The Kier molecular flexibility index (Phi) is 5.92. The third-order valence-electron chi connectivity index (χ3n) is 3.46. The van der Waals surface area contributed by atoms with Crippen LogP contribution in [0.3, 0.4) is 0 Å². The molecule has 0 amide bonds. The summed E-state index contributed by atoms with van der Waals surface area (Å²) < 4.78 is 5.67. The van der Waals surface area contributed by atoms with E-state index in [0.29, 0.717) is 17.9 Å². The van der Waals surface area contributed by atoms with E-state index in [4.69, 9.17) is 9.57 Å². The number of quaternary nitrogens is 1. The molecule has 17 heavy (non-hydrogen) atoms. The molecule has 1 unspecified atom stereocenters. The van der Waals surface area contributed by atoms with Crippen LogP contribution in [-0.2, 0) is 14.4 Å². The minimum absolute atomic E-state index is 0.0367. The first-order valence-corrected chi connectivity index (χ1v) is 6.77. The van der Waals surface area contributed by atoms with Gasteiger partial charge in [-0.25, -0.2) is 4.79 Å². The lowest BCUT2D eigenvalue weighted by atomic mass is 10.00. The van der Waals surface area contributed by atoms with E-state index in [0.717, 1.165) is 38.8 Å². The van der Waals surface area contributed by atoms with Crippen molar-refractivity contribution in [2.24, 2.45) is 5.92 Å². The summed E-state index contributed by atoms with van der Waals surface area (Å²) in [5, 5.41) is 0. The summed E-state index contributed by atoms with van der Waals surface area (Å²) in [7, 11) is 1.97. The number of carbonyl (C=O) groups excluding carboxylic acids is 1. The highest BCUT2D eigenvalue weighted by Crippen LogP contribution is 2.18. The molecular formula is C13H26NO3+. The van der Waals surface area contributed by atoms with Crippen LogP contribution in [0, 0.1) is 5.92 Å². The molecule has 1 aliphatic heterocycles. The summed E-state index contributed by atoms with van der Waals surface area (Å²) in [6.07, 6.45) is 4.04. The van der Waals surface area contributed by atoms with Gasteiger partial charge in [-0.3, -0.25) is 4.84 Å². The van der Waals surface area contributed by atoms with Gasteiger partial charge in [-0.1, -0.05) is 26.7 Å². The first-order valence-electron chi connectivity index (χ1n) is 6.77. The molecule has 0 aromatic heterocycles. The van der Waals surface area contributed by atoms with Gasteiger partial charge in [0.05, 0.1) is 19.1 Å². The van der Waals surface area contributed by atoms with Gasteiger partial charge >= 0.3 is 5.97 Å². The highest BCUT2D eigenvalue weighted by Gasteiger charge is 2.33. The maximum absolute atomic E-state index is 12.1. The second-order valence-corrected chi connectivity index (χ2v) is 5.01. The van der Waals surface area contributed by atoms with Gasteiger partial charge < -0.3 is 4.74 Å². The average molecular weight is 244 g/mol. The fourth-order valence-corrected chi connectivity index (χ4v) is 2.05. The molecule has 100 valence electrons. The van der Waals surface area contributed by atoms with E-state index in [-0.39, 0.29) is 11.9 Å². The van der Waals surface area contributed by atoms with E-state index in [1.807, 2.05) is 7.05 Å². The number of likely N-dealkylation sites (N-methyl/N-ethyl adjacent to an activating group) is 1. The molecular weight excluding hydrogens is 218 g/mol. The van der Waals surface area contributed by atoms with Gasteiger partial charge in [0.25, 0.3) is 0 Å². The highest BCUT2D eigenvalue weighted by atomic mass is 16.7. The lowest BCUT2D eigenvalue weighted by molar-refractivity contribution is -1.08. The Balaban J connectivity index is 2.44. The van der Waals surface area contributed by atoms with E-state index in [9.17, 15) is 4.79 Å². The zero-order chi connectivity index (χ0) is 12.7. The fourth-order valence-electron chi connectivity index (χ4n) is 2.05. The zero-order valence-corrected chi connectivity index (χ0v) is 11.4. The molecule has 0 spiro atoms. The normalized spacial score (nSPS) is 20.9. The largest absolute Gasteiger partial charge is 0.369 e. The quantitative estimate of drug-likeness (QED) is 0.672. The summed E-state index contributed by atoms with van der Waals surface area (Å²) in [5.74, 6) is 0.0260. The number of unbranched alkanes of at least 4 members (excludes halogenated alkanes) is 1. The number of ether oxygens (including phenoxy) is 1. The third kappa shape index (κ3) is 4.64. The molecule has 0 bridgehead atoms. The van der Waals surface area contributed by atoms with Crippen LogP contribution in [0.15, 0.2) is 0 Å². The minimum atomic E-state index is -0.0367. The minimum Gasteiger partial charge on any atom is -0.369 e. The first kappa shape index (κ1) is 14.5. The van der Waals surface area contributed by atoms with E-state index < -0.39 is 0 Å². The van der Waals surface area contributed by atoms with Crippen molar-refractivity contribution in [3.8, 4) is 0 Å². The highest BCUT2D eigenvalue weighted by molar-refractivity contribution is 5.71. The molecule has 1 fully saturated rings. The summed E-state index contributed by atoms with van der Waals surface area (Å²) in [5.41, 5.74) is 0. The van der Waals surface area contributed by atoms with Crippen molar-refractivity contribution in [3.05, 3.63) is 0 Å². The number of morpholine rings is 1. The van der Waals surface area contributed by atoms with Crippen molar-refractivity contribution < 1.29 is 19.0 Å². The number of rotatable bonds is 6. The molecule has 0 aromatic rings. The van der Waals surface area contributed by atoms with Crippen molar-refractivity contribution in [3.63, 3.8) is 0 Å². The first-order chi connectivity index (χ1) is 8.11. The second kappa shape index (κ2) is 6.97. The lowest BCUT2D eigenvalue weighted by Crippen LogP contribution is -2.53. The Morgan fingerprint density at radius 2 is 2.00 bits per heavy atom. The molecule has 1 saturated heterocycles. The fraction of sp³-hybridized carbons (Fsp3) is 0.923. The topological polar surface area (TPSA) is 35.5 Å². The molecule has 4 nitrogen and oxygen atoms in total. The van der Waals surface area contributed by atoms with Gasteiger partial charge in [-0.15, -0.1) is 4.65 Å². The average Bonchev–Trinajstić information content (AvgIpc) is 2.30. The van der Waals surface area contributed by atoms with E-state index >= 15 is 0 Å². The number of carbonyl (C=O) groups is 1. The summed E-state index contributed by atoms with van der Waals surface area (Å²) in [6, 6.07) is 0. The van der Waals surface area contributed by atoms with Gasteiger partial charge in [-0.05, 0) is 12.8 Å². The molecule has 0 radical (unpaired) electrons. The van der Waals surface area contributed by atoms with Crippen LogP contribution < -0.4 is 0 Å². The van der Waals surface area contributed by atoms with E-state index in [1.54, 1.807) is 0 Å². The van der Waals surface area contributed by atoms with Crippen molar-refractivity contribution in [2.45, 2.75) is 39.5 Å². The van der Waals surface area contributed by atoms with Gasteiger partial charge in [0.15, 0.2) is 0 Å². The van der Waals surface area contributed by atoms with Crippen LogP contribution in [0.25, 0.3) is 0 Å². The second-order valence-electron chi connectivity index (χ2n) is 5.01. The van der Waals surface area contributed by atoms with Crippen LogP contribution in [0.4, 0.5) is 0 Å². The number of hydroxylamine groups is 3. The maximum atomic E-state index is 12.1. The summed E-state index contributed by atoms with van der Waals surface area (Å²) in [4.78, 5) is 17.7. The third-order valence-corrected chi connectivity index (χ3v) is 3.46. The Hall–Kier alpha value is -0.610. The van der Waals surface area contributed by atoms with E-state index in [2.05, 4.69) is 13.8 Å². The number of hydrogen-bond donors (Lipinski definition) is 0. The summed E-state index contributed by atoms with van der Waals surface area (Å²) >= 11 is 0. The van der Waals surface area contributed by atoms with Crippen LogP contribution in [0.2, 0.25) is 0 Å². The molecule has 1 aliphatic rings. The van der Waals surface area contributed by atoms with Crippen molar-refractivity contribution in [2.75, 3.05) is 33.4 Å². The van der Waals surface area contributed by atoms with Gasteiger partial charge in [0.1, 0.15) is 20.1 Å². The molecule has 1 atom stereocenters. The lowest BCUT2D eigenvalue weighted by Gasteiger charge is -2.34. The predicted octanol–water partition coefficient (Wildman–Crippen LogP) is 2.14. The van der Waals surface area contributed by atoms with Crippen LogP contribution >= 0.6 is 0 Å². The Morgan fingerprint density at radius 1 is 1.35 bits per heavy atom. The molecule has 0 aromatic carbocycles. The molecule has 0 aliphatic carbocycles. The van der Waals surface area contributed by atoms with Crippen LogP contribution in [0.5, 0.6) is 0 Å². The zero-order valence-electron chi connectivity index (χ0n) is 11.4. The van der Waals surface area contributed by atoms with Crippen molar-refractivity contribution in [1.29, 1.82) is 0 Å². The van der Waals surface area contributed by atoms with Crippen molar-refractivity contribution >= 4 is 5.97 Å². The molecule has 0 N–H and O–H groups in total. The smallest absolute Gasteiger partial charge is 0.369 e. The Morgan fingerprint density at radius 3 is 2.53 bits per heavy atom. The maximum Gasteiger partial charge on any atom is 0.369 e. The van der Waals surface area contributed by atoms with Crippen LogP contribution in [0.1, 0.15) is 39.5 Å². The molecule has 1 heterocycles. The van der Waals surface area contributed by atoms with Crippen LogP contribution in [-0.4, -0.2) is 44.0 Å². The molecule has 1 rings (SSSR count). The predicted molar refractivity (Wildman–Crippen MR) is 66.1 cm³/mol. The van der Waals surface area contributed by atoms with Crippen molar-refractivity contribution in [1.82, 2.24) is 0 Å². The van der Waals surface area contributed by atoms with Gasteiger partial charge in [0, 0.05) is 0 Å². The monoisotopic (exact) mass is 244 g/mol. The van der Waals surface area contributed by atoms with Gasteiger partial charge in [0.2, 0.25) is 0 Å².